The Morgan fingerprint density at radius 1 is 0.519 bits per heavy atom. The van der Waals surface area contributed by atoms with E-state index in [1.165, 1.54) is 121 Å². The molecule has 0 spiro atoms. The summed E-state index contributed by atoms with van der Waals surface area (Å²) in [4.78, 5) is 25.3. The van der Waals surface area contributed by atoms with Crippen LogP contribution in [-0.4, -0.2) is 38.1 Å². The van der Waals surface area contributed by atoms with Crippen molar-refractivity contribution in [2.24, 2.45) is 0 Å². The first-order valence-electron chi connectivity index (χ1n) is 21.1. The summed E-state index contributed by atoms with van der Waals surface area (Å²) in [6, 6.07) is 3.74. The highest BCUT2D eigenvalue weighted by atomic mass is 32.2. The number of hydrogen-bond donors (Lipinski definition) is 1. The molecule has 0 bridgehead atoms. The van der Waals surface area contributed by atoms with Crippen LogP contribution in [0.25, 0.3) is 0 Å². The fourth-order valence-corrected chi connectivity index (χ4v) is 7.01. The van der Waals surface area contributed by atoms with Crippen LogP contribution in [0.4, 0.5) is 0 Å². The summed E-state index contributed by atoms with van der Waals surface area (Å²) in [6.45, 7) is 4.76. The van der Waals surface area contributed by atoms with Gasteiger partial charge >= 0.3 is 11.9 Å². The van der Waals surface area contributed by atoms with E-state index in [0.717, 1.165) is 63.9 Å². The number of carbonyl (C=O) groups excluding carboxylic acids is 2. The Kier molecular flexibility index (Phi) is 30.3. The molecule has 0 fully saturated rings. The monoisotopic (exact) mass is 747 g/mol. The van der Waals surface area contributed by atoms with Gasteiger partial charge in [0.1, 0.15) is 4.90 Å². The second-order valence-electron chi connectivity index (χ2n) is 14.3. The Labute approximate surface area is 318 Å². The van der Waals surface area contributed by atoms with Gasteiger partial charge in [0, 0.05) is 0 Å². The number of rotatable bonds is 35. The summed E-state index contributed by atoms with van der Waals surface area (Å²) in [6.07, 6.45) is 41.9. The zero-order valence-corrected chi connectivity index (χ0v) is 33.9. The minimum absolute atomic E-state index is 0.101. The number of carbonyl (C=O) groups is 2. The average Bonchev–Trinajstić information content (AvgIpc) is 3.13. The van der Waals surface area contributed by atoms with Crippen molar-refractivity contribution in [1.82, 2.24) is 0 Å². The lowest BCUT2D eigenvalue weighted by molar-refractivity contribution is 0.0446. The Morgan fingerprint density at radius 3 is 1.25 bits per heavy atom. The first-order chi connectivity index (χ1) is 25.3. The molecular formula is C44H74O7S. The molecule has 0 atom stereocenters. The minimum atomic E-state index is -4.77. The van der Waals surface area contributed by atoms with Crippen LogP contribution in [0.3, 0.4) is 0 Å². The lowest BCUT2D eigenvalue weighted by Gasteiger charge is -2.13. The number of hydrogen-bond acceptors (Lipinski definition) is 6. The predicted molar refractivity (Wildman–Crippen MR) is 216 cm³/mol. The summed E-state index contributed by atoms with van der Waals surface area (Å²) in [5, 5.41) is 0. The van der Waals surface area contributed by atoms with E-state index in [-0.39, 0.29) is 18.8 Å². The van der Waals surface area contributed by atoms with E-state index in [1.54, 1.807) is 0 Å². The van der Waals surface area contributed by atoms with E-state index >= 15 is 0 Å². The molecule has 7 nitrogen and oxygen atoms in total. The molecule has 1 N–H and O–H groups in total. The van der Waals surface area contributed by atoms with Gasteiger partial charge in [-0.1, -0.05) is 160 Å². The van der Waals surface area contributed by atoms with Crippen molar-refractivity contribution in [1.29, 1.82) is 0 Å². The predicted octanol–water partition coefficient (Wildman–Crippen LogP) is 13.3. The maximum atomic E-state index is 13.0. The fourth-order valence-electron chi connectivity index (χ4n) is 6.31. The van der Waals surface area contributed by atoms with E-state index in [2.05, 4.69) is 38.2 Å². The van der Waals surface area contributed by atoms with E-state index in [4.69, 9.17) is 9.47 Å². The molecule has 0 unspecified atom stereocenters. The van der Waals surface area contributed by atoms with Crippen LogP contribution in [0.15, 0.2) is 47.4 Å². The molecule has 1 rings (SSSR count). The van der Waals surface area contributed by atoms with Crippen LogP contribution in [0.2, 0.25) is 0 Å². The number of esters is 2. The number of unbranched alkanes of at least 4 members (excludes halogenated alkanes) is 24. The van der Waals surface area contributed by atoms with Gasteiger partial charge in [-0.3, -0.25) is 4.55 Å². The molecule has 0 radical (unpaired) electrons. The zero-order chi connectivity index (χ0) is 38.0. The molecule has 8 heteroatoms. The first kappa shape index (κ1) is 47.6. The molecule has 1 aromatic rings. The van der Waals surface area contributed by atoms with Crippen molar-refractivity contribution >= 4 is 22.1 Å². The molecule has 0 aromatic heterocycles. The average molecular weight is 747 g/mol. The Balaban J connectivity index is 2.28. The molecule has 0 heterocycles. The van der Waals surface area contributed by atoms with Gasteiger partial charge in [-0.05, 0) is 76.3 Å². The van der Waals surface area contributed by atoms with E-state index in [0.29, 0.717) is 12.8 Å². The lowest BCUT2D eigenvalue weighted by Crippen LogP contribution is -2.19. The van der Waals surface area contributed by atoms with E-state index in [1.807, 2.05) is 0 Å². The molecule has 0 aliphatic heterocycles. The van der Waals surface area contributed by atoms with Gasteiger partial charge in [0.25, 0.3) is 10.1 Å². The van der Waals surface area contributed by atoms with Gasteiger partial charge < -0.3 is 9.47 Å². The maximum Gasteiger partial charge on any atom is 0.340 e. The molecule has 0 saturated carbocycles. The summed E-state index contributed by atoms with van der Waals surface area (Å²) < 4.78 is 44.7. The van der Waals surface area contributed by atoms with Crippen molar-refractivity contribution in [3.8, 4) is 0 Å². The molecule has 52 heavy (non-hydrogen) atoms. The Morgan fingerprint density at radius 2 is 0.865 bits per heavy atom. The molecule has 0 aliphatic rings. The third-order valence-corrected chi connectivity index (χ3v) is 10.4. The van der Waals surface area contributed by atoms with Gasteiger partial charge in [0.05, 0.1) is 24.3 Å². The second kappa shape index (κ2) is 33.1. The first-order valence-corrected chi connectivity index (χ1v) is 22.5. The van der Waals surface area contributed by atoms with Crippen LogP contribution >= 0.6 is 0 Å². The van der Waals surface area contributed by atoms with Crippen LogP contribution < -0.4 is 0 Å². The smallest absolute Gasteiger partial charge is 0.340 e. The fraction of sp³-hybridized carbons (Fsp3) is 0.727. The van der Waals surface area contributed by atoms with Gasteiger partial charge in [0.2, 0.25) is 0 Å². The van der Waals surface area contributed by atoms with Crippen molar-refractivity contribution in [2.45, 2.75) is 199 Å². The highest BCUT2D eigenvalue weighted by Crippen LogP contribution is 2.23. The molecule has 298 valence electrons. The summed E-state index contributed by atoms with van der Waals surface area (Å²) in [5.41, 5.74) is -0.689. The van der Waals surface area contributed by atoms with E-state index in [9.17, 15) is 22.6 Å². The number of allylic oxidation sites excluding steroid dienone is 4. The van der Waals surface area contributed by atoms with Crippen LogP contribution in [0.5, 0.6) is 0 Å². The largest absolute Gasteiger partial charge is 0.462 e. The Bertz CT molecular complexity index is 1200. The highest BCUT2D eigenvalue weighted by molar-refractivity contribution is 7.86. The van der Waals surface area contributed by atoms with Gasteiger partial charge in [0.15, 0.2) is 0 Å². The quantitative estimate of drug-likeness (QED) is 0.0319. The Hall–Kier alpha value is -2.45. The summed E-state index contributed by atoms with van der Waals surface area (Å²) in [7, 11) is -4.77. The number of ether oxygens (including phenoxy) is 2. The lowest BCUT2D eigenvalue weighted by atomic mass is 10.1. The maximum absolute atomic E-state index is 13.0. The summed E-state index contributed by atoms with van der Waals surface area (Å²) in [5.74, 6) is -1.76. The zero-order valence-electron chi connectivity index (χ0n) is 33.1. The van der Waals surface area contributed by atoms with Crippen LogP contribution in [-0.2, 0) is 19.6 Å². The SMILES string of the molecule is CCCCCCCC/C=C/CCCCCCCCOC(=O)c1cccc(S(=O)(=O)O)c1C(=O)OCCCCCCCC/C=C/CCCCCCCC. The third kappa shape index (κ3) is 25.5. The minimum Gasteiger partial charge on any atom is -0.462 e. The normalized spacial score (nSPS) is 11.9. The molecule has 0 amide bonds. The van der Waals surface area contributed by atoms with Gasteiger partial charge in [-0.25, -0.2) is 9.59 Å². The molecule has 1 aromatic carbocycles. The second-order valence-corrected chi connectivity index (χ2v) is 15.7. The number of benzene rings is 1. The van der Waals surface area contributed by atoms with Crippen molar-refractivity contribution < 1.29 is 32.0 Å². The summed E-state index contributed by atoms with van der Waals surface area (Å²) >= 11 is 0. The standard InChI is InChI=1S/C44H74O7S/c1-3-5-7-9-11-13-15-17-19-21-23-25-27-29-31-33-38-50-43(45)40-36-35-37-41(52(47,48)49)42(40)44(46)51-39-34-32-30-28-26-24-22-20-18-16-14-12-10-8-6-4-2/h17-20,35-37H,3-16,21-34,38-39H2,1-2H3,(H,47,48,49)/b19-17+,20-18+. The van der Waals surface area contributed by atoms with Crippen LogP contribution in [0, 0.1) is 0 Å². The molecule has 0 saturated heterocycles. The van der Waals surface area contributed by atoms with E-state index < -0.39 is 32.5 Å². The van der Waals surface area contributed by atoms with Crippen molar-refractivity contribution in [2.75, 3.05) is 13.2 Å². The molecular weight excluding hydrogens is 673 g/mol. The van der Waals surface area contributed by atoms with Crippen molar-refractivity contribution in [3.05, 3.63) is 53.6 Å². The topological polar surface area (TPSA) is 107 Å². The van der Waals surface area contributed by atoms with Crippen molar-refractivity contribution in [3.63, 3.8) is 0 Å². The highest BCUT2D eigenvalue weighted by Gasteiger charge is 2.28. The van der Waals surface area contributed by atoms with Crippen LogP contribution in [0.1, 0.15) is 214 Å². The third-order valence-electron chi connectivity index (χ3n) is 9.51. The molecule has 0 aliphatic carbocycles. The van der Waals surface area contributed by atoms with Gasteiger partial charge in [-0.15, -0.1) is 0 Å². The van der Waals surface area contributed by atoms with Gasteiger partial charge in [-0.2, -0.15) is 8.42 Å².